The third-order valence-electron chi connectivity index (χ3n) is 4.21. The number of guanidine groups is 1. The number of anilines is 1. The van der Waals surface area contributed by atoms with E-state index in [-0.39, 0.29) is 5.91 Å². The van der Waals surface area contributed by atoms with Crippen LogP contribution in [-0.4, -0.2) is 54.8 Å². The van der Waals surface area contributed by atoms with E-state index >= 15 is 0 Å². The highest BCUT2D eigenvalue weighted by Gasteiger charge is 2.30. The molecule has 3 heterocycles. The van der Waals surface area contributed by atoms with Gasteiger partial charge in [-0.1, -0.05) is 0 Å². The molecule has 7 nitrogen and oxygen atoms in total. The molecule has 1 amide bonds. The van der Waals surface area contributed by atoms with Crippen LogP contribution in [0, 0.1) is 0 Å². The van der Waals surface area contributed by atoms with Crippen LogP contribution in [0.1, 0.15) is 15.9 Å². The molecule has 126 valence electrons. The van der Waals surface area contributed by atoms with Crippen LogP contribution in [0.4, 0.5) is 11.4 Å². The predicted molar refractivity (Wildman–Crippen MR) is 97.7 cm³/mol. The van der Waals surface area contributed by atoms with Crippen molar-refractivity contribution in [1.29, 1.82) is 0 Å². The molecule has 0 aliphatic carbocycles. The van der Waals surface area contributed by atoms with Crippen molar-refractivity contribution >= 4 is 29.1 Å². The van der Waals surface area contributed by atoms with Crippen LogP contribution in [0.2, 0.25) is 0 Å². The average Bonchev–Trinajstić information content (AvgIpc) is 3.12. The molecule has 0 saturated carbocycles. The van der Waals surface area contributed by atoms with Crippen molar-refractivity contribution in [2.24, 2.45) is 9.98 Å². The number of nitrogens with one attached hydrogen (secondary N) is 1. The first kappa shape index (κ1) is 15.3. The van der Waals surface area contributed by atoms with Gasteiger partial charge in [-0.3, -0.25) is 25.0 Å². The number of amidine groups is 1. The summed E-state index contributed by atoms with van der Waals surface area (Å²) in [7, 11) is 4.00. The summed E-state index contributed by atoms with van der Waals surface area (Å²) in [6.45, 7) is 1.38. The average molecular weight is 334 g/mol. The Morgan fingerprint density at radius 2 is 2.16 bits per heavy atom. The van der Waals surface area contributed by atoms with Crippen LogP contribution in [0.3, 0.4) is 0 Å². The highest BCUT2D eigenvalue weighted by atomic mass is 16.1. The number of aliphatic imine (C=N–C) groups is 2. The van der Waals surface area contributed by atoms with Crippen LogP contribution in [-0.2, 0) is 0 Å². The molecule has 0 atom stereocenters. The van der Waals surface area contributed by atoms with Crippen molar-refractivity contribution in [1.82, 2.24) is 15.2 Å². The normalized spacial score (nSPS) is 15.0. The second-order valence-corrected chi connectivity index (χ2v) is 6.08. The largest absolute Gasteiger partial charge is 0.378 e. The van der Waals surface area contributed by atoms with E-state index in [0.29, 0.717) is 24.6 Å². The minimum absolute atomic E-state index is 0.230. The summed E-state index contributed by atoms with van der Waals surface area (Å²) in [5.74, 6) is 1.14. The summed E-state index contributed by atoms with van der Waals surface area (Å²) in [4.78, 5) is 29.7. The minimum atomic E-state index is -0.230. The van der Waals surface area contributed by atoms with Crippen molar-refractivity contribution in [3.05, 3.63) is 53.9 Å². The second kappa shape index (κ2) is 6.01. The third kappa shape index (κ3) is 2.73. The number of carbonyl (C=O) groups excluding carboxylic acids is 1. The van der Waals surface area contributed by atoms with Gasteiger partial charge in [-0.2, -0.15) is 0 Å². The Labute approximate surface area is 145 Å². The Morgan fingerprint density at radius 3 is 2.92 bits per heavy atom. The standard InChI is InChI=1S/C18H18N6O/c1-23(2)13-5-6-15-14(10-13)16-20-8-9-24(16)18(21-15)22-17(25)12-4-3-7-19-11-12/h3-7,10-11H,8-9H2,1-2H3,(H,21,22,25). The van der Waals surface area contributed by atoms with E-state index in [0.717, 1.165) is 22.8 Å². The number of carbonyl (C=O) groups is 1. The van der Waals surface area contributed by atoms with Gasteiger partial charge in [0.1, 0.15) is 5.84 Å². The van der Waals surface area contributed by atoms with Crippen molar-refractivity contribution < 1.29 is 4.79 Å². The summed E-state index contributed by atoms with van der Waals surface area (Å²) in [6, 6.07) is 9.50. The van der Waals surface area contributed by atoms with Gasteiger partial charge in [0.2, 0.25) is 5.96 Å². The summed E-state index contributed by atoms with van der Waals surface area (Å²) in [5, 5.41) is 2.89. The molecule has 7 heteroatoms. The summed E-state index contributed by atoms with van der Waals surface area (Å²) in [6.07, 6.45) is 3.17. The fourth-order valence-corrected chi connectivity index (χ4v) is 2.90. The van der Waals surface area contributed by atoms with Crippen LogP contribution in [0.15, 0.2) is 52.7 Å². The number of fused-ring (bicyclic) bond motifs is 3. The lowest BCUT2D eigenvalue weighted by molar-refractivity contribution is 0.0973. The highest BCUT2D eigenvalue weighted by Crippen LogP contribution is 2.31. The summed E-state index contributed by atoms with van der Waals surface area (Å²) >= 11 is 0. The molecule has 2 aliphatic heterocycles. The van der Waals surface area contributed by atoms with E-state index in [2.05, 4.69) is 26.4 Å². The topological polar surface area (TPSA) is 73.2 Å². The molecule has 4 rings (SSSR count). The van der Waals surface area contributed by atoms with E-state index in [4.69, 9.17) is 0 Å². The maximum absolute atomic E-state index is 12.5. The number of aromatic nitrogens is 1. The molecule has 1 N–H and O–H groups in total. The van der Waals surface area contributed by atoms with Gasteiger partial charge in [0.15, 0.2) is 0 Å². The molecule has 0 saturated heterocycles. The number of hydrogen-bond acceptors (Lipinski definition) is 6. The molecule has 2 aliphatic rings. The molecule has 1 aromatic heterocycles. The maximum atomic E-state index is 12.5. The van der Waals surface area contributed by atoms with E-state index in [9.17, 15) is 4.79 Å². The lowest BCUT2D eigenvalue weighted by Gasteiger charge is -2.28. The van der Waals surface area contributed by atoms with Crippen molar-refractivity contribution in [2.45, 2.75) is 0 Å². The Hall–Kier alpha value is -3.22. The van der Waals surface area contributed by atoms with E-state index < -0.39 is 0 Å². The van der Waals surface area contributed by atoms with Crippen molar-refractivity contribution in [2.75, 3.05) is 32.1 Å². The second-order valence-electron chi connectivity index (χ2n) is 6.08. The highest BCUT2D eigenvalue weighted by molar-refractivity contribution is 6.19. The van der Waals surface area contributed by atoms with E-state index in [1.165, 1.54) is 6.20 Å². The van der Waals surface area contributed by atoms with Gasteiger partial charge in [-0.05, 0) is 30.3 Å². The first-order chi connectivity index (χ1) is 12.1. The van der Waals surface area contributed by atoms with Crippen LogP contribution in [0.5, 0.6) is 0 Å². The van der Waals surface area contributed by atoms with Crippen LogP contribution in [0.25, 0.3) is 0 Å². The SMILES string of the molecule is CN(C)c1ccc2c(c1)C1=NCCN1C(NC(=O)c1cccnc1)=N2. The lowest BCUT2D eigenvalue weighted by atomic mass is 10.1. The molecule has 0 spiro atoms. The zero-order valence-electron chi connectivity index (χ0n) is 14.1. The number of pyridine rings is 1. The first-order valence-corrected chi connectivity index (χ1v) is 8.07. The lowest BCUT2D eigenvalue weighted by Crippen LogP contribution is -2.47. The molecular formula is C18H18N6O. The Kier molecular flexibility index (Phi) is 3.68. The van der Waals surface area contributed by atoms with E-state index in [1.54, 1.807) is 18.3 Å². The number of nitrogens with zero attached hydrogens (tertiary/aromatic N) is 5. The predicted octanol–water partition coefficient (Wildman–Crippen LogP) is 1.64. The minimum Gasteiger partial charge on any atom is -0.378 e. The molecular weight excluding hydrogens is 316 g/mol. The maximum Gasteiger partial charge on any atom is 0.259 e. The fraction of sp³-hybridized carbons (Fsp3) is 0.222. The summed E-state index contributed by atoms with van der Waals surface area (Å²) < 4.78 is 0. The molecule has 0 bridgehead atoms. The first-order valence-electron chi connectivity index (χ1n) is 8.07. The molecule has 2 aromatic rings. The number of rotatable bonds is 2. The smallest absolute Gasteiger partial charge is 0.259 e. The van der Waals surface area contributed by atoms with Crippen LogP contribution >= 0.6 is 0 Å². The molecule has 0 fully saturated rings. The molecule has 25 heavy (non-hydrogen) atoms. The molecule has 0 radical (unpaired) electrons. The van der Waals surface area contributed by atoms with Crippen LogP contribution < -0.4 is 10.2 Å². The van der Waals surface area contributed by atoms with Crippen molar-refractivity contribution in [3.63, 3.8) is 0 Å². The Bertz CT molecular complexity index is 888. The van der Waals surface area contributed by atoms with Crippen molar-refractivity contribution in [3.8, 4) is 0 Å². The van der Waals surface area contributed by atoms with Gasteiger partial charge >= 0.3 is 0 Å². The van der Waals surface area contributed by atoms with Gasteiger partial charge in [0.05, 0.1) is 17.8 Å². The molecule has 0 unspecified atom stereocenters. The van der Waals surface area contributed by atoms with E-state index in [1.807, 2.05) is 36.0 Å². The summed E-state index contributed by atoms with van der Waals surface area (Å²) in [5.41, 5.74) is 3.38. The number of benzene rings is 1. The molecule has 1 aromatic carbocycles. The Balaban J connectivity index is 1.70. The zero-order valence-corrected chi connectivity index (χ0v) is 14.1. The zero-order chi connectivity index (χ0) is 17.4. The van der Waals surface area contributed by atoms with Gasteiger partial charge in [0.25, 0.3) is 5.91 Å². The monoisotopic (exact) mass is 334 g/mol. The number of hydrogen-bond donors (Lipinski definition) is 1. The quantitative estimate of drug-likeness (QED) is 0.906. The van der Waals surface area contributed by atoms with Gasteiger partial charge < -0.3 is 4.90 Å². The number of amides is 1. The van der Waals surface area contributed by atoms with Gasteiger partial charge in [-0.15, -0.1) is 0 Å². The van der Waals surface area contributed by atoms with Gasteiger partial charge in [-0.25, -0.2) is 4.99 Å². The third-order valence-corrected chi connectivity index (χ3v) is 4.21. The van der Waals surface area contributed by atoms with Gasteiger partial charge in [0, 0.05) is 44.3 Å². The Morgan fingerprint density at radius 1 is 1.28 bits per heavy atom. The fourth-order valence-electron chi connectivity index (χ4n) is 2.90.